The summed E-state index contributed by atoms with van der Waals surface area (Å²) in [7, 11) is 3.33. The first kappa shape index (κ1) is 24.0. The number of rotatable bonds is 9. The van der Waals surface area contributed by atoms with Crippen LogP contribution in [0, 0.1) is 0 Å². The molecule has 0 spiro atoms. The molecule has 0 aliphatic heterocycles. The summed E-state index contributed by atoms with van der Waals surface area (Å²) in [5.41, 5.74) is 3.15. The standard InChI is InChI=1S/C21H29N3O3.HI/c1-5-22-21(23-14-16-8-7-9-17(12-16)15-25-3)24-18-10-11-19(26-4)20(13-18)27-6-2;/h7-13H,5-6,14-15H2,1-4H3,(H2,22,23,24);1H. The lowest BCUT2D eigenvalue weighted by Crippen LogP contribution is -2.30. The Balaban J connectivity index is 0.00000392. The van der Waals surface area contributed by atoms with Gasteiger partial charge in [-0.3, -0.25) is 0 Å². The molecule has 0 aliphatic rings. The van der Waals surface area contributed by atoms with E-state index >= 15 is 0 Å². The van der Waals surface area contributed by atoms with Crippen molar-refractivity contribution in [2.24, 2.45) is 4.99 Å². The van der Waals surface area contributed by atoms with Crippen LogP contribution in [0.15, 0.2) is 47.5 Å². The molecular weight excluding hydrogens is 469 g/mol. The predicted octanol–water partition coefficient (Wildman–Crippen LogP) is 4.44. The monoisotopic (exact) mass is 499 g/mol. The largest absolute Gasteiger partial charge is 0.493 e. The number of halogens is 1. The van der Waals surface area contributed by atoms with Crippen molar-refractivity contribution in [3.05, 3.63) is 53.6 Å². The van der Waals surface area contributed by atoms with E-state index in [9.17, 15) is 0 Å². The molecule has 0 amide bonds. The molecule has 0 radical (unpaired) electrons. The second-order valence-electron chi connectivity index (χ2n) is 5.87. The molecule has 0 aliphatic carbocycles. The molecule has 0 bridgehead atoms. The van der Waals surface area contributed by atoms with Gasteiger partial charge in [-0.05, 0) is 37.1 Å². The third kappa shape index (κ3) is 7.55. The number of anilines is 1. The smallest absolute Gasteiger partial charge is 0.196 e. The molecule has 6 nitrogen and oxygen atoms in total. The number of hydrogen-bond donors (Lipinski definition) is 2. The highest BCUT2D eigenvalue weighted by atomic mass is 127. The van der Waals surface area contributed by atoms with Crippen LogP contribution in [0.5, 0.6) is 11.5 Å². The summed E-state index contributed by atoms with van der Waals surface area (Å²) in [6.45, 7) is 6.50. The van der Waals surface area contributed by atoms with Gasteiger partial charge in [-0.25, -0.2) is 4.99 Å². The van der Waals surface area contributed by atoms with Gasteiger partial charge in [0.15, 0.2) is 17.5 Å². The number of aliphatic imine (C=N–C) groups is 1. The summed E-state index contributed by atoms with van der Waals surface area (Å²) in [5, 5.41) is 6.58. The molecule has 0 unspecified atom stereocenters. The Bertz CT molecular complexity index is 753. The number of ether oxygens (including phenoxy) is 3. The zero-order valence-corrected chi connectivity index (χ0v) is 19.3. The van der Waals surface area contributed by atoms with Crippen LogP contribution >= 0.6 is 24.0 Å². The molecule has 0 heterocycles. The van der Waals surface area contributed by atoms with Crippen LogP contribution in [-0.2, 0) is 17.9 Å². The number of methoxy groups -OCH3 is 2. The Morgan fingerprint density at radius 2 is 1.79 bits per heavy atom. The Morgan fingerprint density at radius 3 is 2.46 bits per heavy atom. The van der Waals surface area contributed by atoms with E-state index in [0.717, 1.165) is 23.4 Å². The normalized spacial score (nSPS) is 10.8. The highest BCUT2D eigenvalue weighted by molar-refractivity contribution is 14.0. The molecule has 28 heavy (non-hydrogen) atoms. The summed E-state index contributed by atoms with van der Waals surface area (Å²) < 4.78 is 16.2. The first-order valence-corrected chi connectivity index (χ1v) is 9.13. The quantitative estimate of drug-likeness (QED) is 0.304. The summed E-state index contributed by atoms with van der Waals surface area (Å²) in [5.74, 6) is 2.12. The summed E-state index contributed by atoms with van der Waals surface area (Å²) >= 11 is 0. The molecule has 2 aromatic rings. The van der Waals surface area contributed by atoms with E-state index in [1.807, 2.05) is 44.2 Å². The van der Waals surface area contributed by atoms with Gasteiger partial charge in [0.1, 0.15) is 0 Å². The molecule has 154 valence electrons. The number of hydrogen-bond acceptors (Lipinski definition) is 4. The average Bonchev–Trinajstić information content (AvgIpc) is 2.67. The molecular formula is C21H30IN3O3. The summed E-state index contributed by atoms with van der Waals surface area (Å²) in [6.07, 6.45) is 0. The molecule has 0 fully saturated rings. The third-order valence-corrected chi connectivity index (χ3v) is 3.79. The first-order valence-electron chi connectivity index (χ1n) is 9.13. The van der Waals surface area contributed by atoms with Crippen molar-refractivity contribution in [2.75, 3.05) is 32.7 Å². The van der Waals surface area contributed by atoms with Crippen LogP contribution in [0.25, 0.3) is 0 Å². The summed E-state index contributed by atoms with van der Waals surface area (Å²) in [4.78, 5) is 4.68. The van der Waals surface area contributed by atoms with E-state index in [0.29, 0.717) is 37.2 Å². The number of guanidine groups is 1. The Morgan fingerprint density at radius 1 is 1.00 bits per heavy atom. The van der Waals surface area contributed by atoms with Crippen molar-refractivity contribution >= 4 is 35.6 Å². The van der Waals surface area contributed by atoms with Gasteiger partial charge in [0.2, 0.25) is 0 Å². The maximum atomic E-state index is 5.64. The predicted molar refractivity (Wildman–Crippen MR) is 125 cm³/mol. The van der Waals surface area contributed by atoms with E-state index in [1.165, 1.54) is 0 Å². The van der Waals surface area contributed by atoms with Crippen LogP contribution in [0.1, 0.15) is 25.0 Å². The second-order valence-corrected chi connectivity index (χ2v) is 5.87. The van der Waals surface area contributed by atoms with Crippen molar-refractivity contribution in [3.8, 4) is 11.5 Å². The third-order valence-electron chi connectivity index (χ3n) is 3.79. The maximum Gasteiger partial charge on any atom is 0.196 e. The van der Waals surface area contributed by atoms with Gasteiger partial charge in [-0.1, -0.05) is 24.3 Å². The molecule has 0 saturated carbocycles. The molecule has 2 N–H and O–H groups in total. The fourth-order valence-corrected chi connectivity index (χ4v) is 2.62. The maximum absolute atomic E-state index is 5.64. The van der Waals surface area contributed by atoms with E-state index in [1.54, 1.807) is 14.2 Å². The Labute approximate surface area is 184 Å². The topological polar surface area (TPSA) is 64.1 Å². The van der Waals surface area contributed by atoms with Crippen molar-refractivity contribution < 1.29 is 14.2 Å². The van der Waals surface area contributed by atoms with Crippen LogP contribution in [-0.4, -0.2) is 33.3 Å². The van der Waals surface area contributed by atoms with Crippen LogP contribution in [0.2, 0.25) is 0 Å². The molecule has 7 heteroatoms. The first-order chi connectivity index (χ1) is 13.2. The second kappa shape index (κ2) is 13.2. The van der Waals surface area contributed by atoms with E-state index in [-0.39, 0.29) is 24.0 Å². The number of benzene rings is 2. The highest BCUT2D eigenvalue weighted by Crippen LogP contribution is 2.30. The molecule has 0 atom stereocenters. The molecule has 2 aromatic carbocycles. The zero-order chi connectivity index (χ0) is 19.5. The van der Waals surface area contributed by atoms with Gasteiger partial charge in [-0.2, -0.15) is 0 Å². The highest BCUT2D eigenvalue weighted by Gasteiger charge is 2.07. The van der Waals surface area contributed by atoms with Crippen molar-refractivity contribution in [3.63, 3.8) is 0 Å². The van der Waals surface area contributed by atoms with Crippen molar-refractivity contribution in [2.45, 2.75) is 27.0 Å². The van der Waals surface area contributed by atoms with Crippen LogP contribution < -0.4 is 20.1 Å². The van der Waals surface area contributed by atoms with Crippen LogP contribution in [0.4, 0.5) is 5.69 Å². The minimum atomic E-state index is 0. The molecule has 2 rings (SSSR count). The Hall–Kier alpha value is -2.00. The van der Waals surface area contributed by atoms with Gasteiger partial charge in [-0.15, -0.1) is 24.0 Å². The lowest BCUT2D eigenvalue weighted by Gasteiger charge is -2.14. The minimum Gasteiger partial charge on any atom is -0.493 e. The van der Waals surface area contributed by atoms with Crippen LogP contribution in [0.3, 0.4) is 0 Å². The number of nitrogens with one attached hydrogen (secondary N) is 2. The van der Waals surface area contributed by atoms with Gasteiger partial charge >= 0.3 is 0 Å². The fourth-order valence-electron chi connectivity index (χ4n) is 2.62. The average molecular weight is 499 g/mol. The zero-order valence-electron chi connectivity index (χ0n) is 17.0. The van der Waals surface area contributed by atoms with E-state index in [2.05, 4.69) is 27.8 Å². The fraction of sp³-hybridized carbons (Fsp3) is 0.381. The molecule has 0 aromatic heterocycles. The SMILES string of the molecule is CCNC(=NCc1cccc(COC)c1)Nc1ccc(OC)c(OCC)c1.I. The lowest BCUT2D eigenvalue weighted by atomic mass is 10.1. The Kier molecular flexibility index (Phi) is 11.4. The van der Waals surface area contributed by atoms with Gasteiger partial charge < -0.3 is 24.8 Å². The summed E-state index contributed by atoms with van der Waals surface area (Å²) in [6, 6.07) is 14.0. The van der Waals surface area contributed by atoms with E-state index in [4.69, 9.17) is 14.2 Å². The molecule has 0 saturated heterocycles. The van der Waals surface area contributed by atoms with E-state index < -0.39 is 0 Å². The van der Waals surface area contributed by atoms with Gasteiger partial charge in [0.25, 0.3) is 0 Å². The van der Waals surface area contributed by atoms with Gasteiger partial charge in [0.05, 0.1) is 26.9 Å². The minimum absolute atomic E-state index is 0. The van der Waals surface area contributed by atoms with Crippen molar-refractivity contribution in [1.82, 2.24) is 5.32 Å². The number of nitrogens with zero attached hydrogens (tertiary/aromatic N) is 1. The van der Waals surface area contributed by atoms with Gasteiger partial charge in [0, 0.05) is 25.4 Å². The lowest BCUT2D eigenvalue weighted by molar-refractivity contribution is 0.185. The van der Waals surface area contributed by atoms with Crippen molar-refractivity contribution in [1.29, 1.82) is 0 Å².